The average Bonchev–Trinajstić information content (AvgIpc) is 3.57. The normalized spacial score (nSPS) is 24.6. The maximum atomic E-state index is 13.7. The first-order valence-electron chi connectivity index (χ1n) is 18.2. The third-order valence-corrected chi connectivity index (χ3v) is 11.0. The molecule has 2 aromatic rings. The second-order valence-electron chi connectivity index (χ2n) is 13.5. The first-order chi connectivity index (χ1) is 26.1. The summed E-state index contributed by atoms with van der Waals surface area (Å²) in [7, 11) is -3.84. The molecule has 0 spiro atoms. The van der Waals surface area contributed by atoms with Gasteiger partial charge in [-0.15, -0.1) is 0 Å². The van der Waals surface area contributed by atoms with Crippen LogP contribution in [0.15, 0.2) is 60.7 Å². The number of nitrogens with zero attached hydrogens (tertiary/aromatic N) is 1. The Morgan fingerprint density at radius 2 is 1.47 bits per heavy atom. The molecule has 2 aromatic carbocycles. The lowest BCUT2D eigenvalue weighted by molar-refractivity contribution is -0.277. The third kappa shape index (κ3) is 13.1. The van der Waals surface area contributed by atoms with Gasteiger partial charge in [0.05, 0.1) is 11.7 Å². The van der Waals surface area contributed by atoms with E-state index in [2.05, 4.69) is 10.6 Å². The summed E-state index contributed by atoms with van der Waals surface area (Å²) < 4.78 is 62.2. The number of hydrogen-bond donors (Lipinski definition) is 2. The average molecular weight is 790 g/mol. The highest BCUT2D eigenvalue weighted by molar-refractivity contribution is 7.89. The van der Waals surface area contributed by atoms with Crippen molar-refractivity contribution in [3.63, 3.8) is 0 Å². The van der Waals surface area contributed by atoms with Crippen LogP contribution in [-0.2, 0) is 69.0 Å². The van der Waals surface area contributed by atoms with Gasteiger partial charge in [0.1, 0.15) is 25.4 Å². The van der Waals surface area contributed by atoms with Gasteiger partial charge in [-0.05, 0) is 30.9 Å². The number of carbonyl (C=O) groups excluding carboxylic acids is 5. The Hall–Kier alpha value is -4.42. The SMILES string of the molecule is CC(=O)N[C@H]1[C@H](OCCCCS(=O)(=O)N2C[C@@H](N[C@H](C)c3ccccc3)[C@H](C(=O)OCc3ccccc3)C2)O[C@H](COC(C)=O)[C@@H](OC(C)=O)[C@@H]1OC(C)=O. The van der Waals surface area contributed by atoms with Crippen molar-refractivity contribution in [1.29, 1.82) is 0 Å². The van der Waals surface area contributed by atoms with Crippen molar-refractivity contribution in [2.45, 2.75) is 96.8 Å². The quantitative estimate of drug-likeness (QED) is 0.126. The predicted molar refractivity (Wildman–Crippen MR) is 196 cm³/mol. The van der Waals surface area contributed by atoms with Crippen LogP contribution in [0.4, 0.5) is 0 Å². The molecule has 2 saturated heterocycles. The minimum absolute atomic E-state index is 0.0468. The molecule has 17 heteroatoms. The molecule has 4 rings (SSSR count). The van der Waals surface area contributed by atoms with Crippen molar-refractivity contribution in [2.24, 2.45) is 5.92 Å². The van der Waals surface area contributed by atoms with Crippen LogP contribution in [0.5, 0.6) is 0 Å². The van der Waals surface area contributed by atoms with Crippen molar-refractivity contribution < 1.29 is 60.8 Å². The van der Waals surface area contributed by atoms with Crippen LogP contribution >= 0.6 is 0 Å². The van der Waals surface area contributed by atoms with Gasteiger partial charge in [0.25, 0.3) is 0 Å². The van der Waals surface area contributed by atoms with Gasteiger partial charge in [-0.3, -0.25) is 24.0 Å². The van der Waals surface area contributed by atoms with Gasteiger partial charge >= 0.3 is 23.9 Å². The lowest BCUT2D eigenvalue weighted by Crippen LogP contribution is -2.66. The number of hydrogen-bond acceptors (Lipinski definition) is 14. The fourth-order valence-corrected chi connectivity index (χ4v) is 8.15. The van der Waals surface area contributed by atoms with Gasteiger partial charge in [-0.2, -0.15) is 4.31 Å². The van der Waals surface area contributed by atoms with Crippen LogP contribution in [0.1, 0.15) is 64.6 Å². The number of unbranched alkanes of at least 4 members (excludes halogenated alkanes) is 1. The number of amides is 1. The van der Waals surface area contributed by atoms with E-state index in [0.29, 0.717) is 0 Å². The van der Waals surface area contributed by atoms with Gasteiger partial charge in [0.2, 0.25) is 15.9 Å². The molecular weight excluding hydrogens is 738 g/mol. The van der Waals surface area contributed by atoms with Crippen molar-refractivity contribution in [3.05, 3.63) is 71.8 Å². The number of benzene rings is 2. The van der Waals surface area contributed by atoms with Crippen LogP contribution in [0.2, 0.25) is 0 Å². The Morgan fingerprint density at radius 3 is 2.09 bits per heavy atom. The maximum Gasteiger partial charge on any atom is 0.312 e. The van der Waals surface area contributed by atoms with Crippen LogP contribution in [-0.4, -0.2) is 111 Å². The minimum atomic E-state index is -3.84. The monoisotopic (exact) mass is 789 g/mol. The topological polar surface area (TPSA) is 202 Å². The molecule has 2 heterocycles. The van der Waals surface area contributed by atoms with E-state index >= 15 is 0 Å². The Kier molecular flexibility index (Phi) is 16.1. The first kappa shape index (κ1) is 43.3. The molecule has 8 atom stereocenters. The number of rotatable bonds is 18. The molecule has 0 radical (unpaired) electrons. The van der Waals surface area contributed by atoms with Crippen molar-refractivity contribution in [1.82, 2.24) is 14.9 Å². The minimum Gasteiger partial charge on any atom is -0.463 e. The lowest BCUT2D eigenvalue weighted by Gasteiger charge is -2.44. The van der Waals surface area contributed by atoms with Crippen LogP contribution in [0.3, 0.4) is 0 Å². The highest BCUT2D eigenvalue weighted by Crippen LogP contribution is 2.29. The second kappa shape index (κ2) is 20.5. The summed E-state index contributed by atoms with van der Waals surface area (Å²) in [6, 6.07) is 17.1. The van der Waals surface area contributed by atoms with Gasteiger partial charge in [-0.25, -0.2) is 8.42 Å². The molecule has 2 N–H and O–H groups in total. The molecule has 2 aliphatic heterocycles. The smallest absolute Gasteiger partial charge is 0.312 e. The first-order valence-corrected chi connectivity index (χ1v) is 19.8. The fourth-order valence-electron chi connectivity index (χ4n) is 6.55. The van der Waals surface area contributed by atoms with Gasteiger partial charge in [0, 0.05) is 59.5 Å². The van der Waals surface area contributed by atoms with Crippen LogP contribution in [0.25, 0.3) is 0 Å². The molecule has 16 nitrogen and oxygen atoms in total. The molecule has 0 unspecified atom stereocenters. The van der Waals surface area contributed by atoms with Crippen LogP contribution in [0, 0.1) is 5.92 Å². The molecule has 2 aliphatic rings. The zero-order valence-electron chi connectivity index (χ0n) is 31.7. The molecule has 1 amide bonds. The van der Waals surface area contributed by atoms with Gasteiger partial charge in [-0.1, -0.05) is 60.7 Å². The number of nitrogens with one attached hydrogen (secondary N) is 2. The molecule has 0 bridgehead atoms. The summed E-state index contributed by atoms with van der Waals surface area (Å²) in [6.07, 6.45) is -4.55. The highest BCUT2D eigenvalue weighted by atomic mass is 32.2. The summed E-state index contributed by atoms with van der Waals surface area (Å²) in [5.41, 5.74) is 1.80. The number of carbonyl (C=O) groups is 5. The summed E-state index contributed by atoms with van der Waals surface area (Å²) in [4.78, 5) is 61.3. The van der Waals surface area contributed by atoms with Crippen LogP contribution < -0.4 is 10.6 Å². The fraction of sp³-hybridized carbons (Fsp3) is 0.553. The van der Waals surface area contributed by atoms with E-state index in [1.165, 1.54) is 18.2 Å². The van der Waals surface area contributed by atoms with E-state index in [9.17, 15) is 32.4 Å². The van der Waals surface area contributed by atoms with E-state index in [-0.39, 0.29) is 57.5 Å². The molecule has 0 aromatic heterocycles. The Morgan fingerprint density at radius 1 is 0.836 bits per heavy atom. The Bertz CT molecular complexity index is 1710. The number of esters is 4. The van der Waals surface area contributed by atoms with E-state index in [1.54, 1.807) is 0 Å². The molecule has 302 valence electrons. The van der Waals surface area contributed by atoms with E-state index in [4.69, 9.17) is 28.4 Å². The second-order valence-corrected chi connectivity index (χ2v) is 15.6. The molecule has 0 aliphatic carbocycles. The van der Waals surface area contributed by atoms with E-state index < -0.39 is 82.4 Å². The zero-order chi connectivity index (χ0) is 40.1. The third-order valence-electron chi connectivity index (χ3n) is 9.12. The van der Waals surface area contributed by atoms with Crippen molar-refractivity contribution >= 4 is 39.8 Å². The molecular formula is C38H51N3O13S. The Balaban J connectivity index is 1.40. The summed E-state index contributed by atoms with van der Waals surface area (Å²) in [5.74, 6) is -4.13. The lowest BCUT2D eigenvalue weighted by atomic mass is 9.96. The predicted octanol–water partition coefficient (Wildman–Crippen LogP) is 2.16. The molecule has 0 saturated carbocycles. The van der Waals surface area contributed by atoms with Gasteiger partial charge in [0.15, 0.2) is 18.5 Å². The van der Waals surface area contributed by atoms with Crippen molar-refractivity contribution in [2.75, 3.05) is 32.1 Å². The number of sulfonamides is 1. The highest BCUT2D eigenvalue weighted by Gasteiger charge is 2.51. The Labute approximate surface area is 321 Å². The maximum absolute atomic E-state index is 13.7. The van der Waals surface area contributed by atoms with E-state index in [1.807, 2.05) is 67.6 Å². The standard InChI is InChI=1S/C38H51N3O13S/c1-24(30-16-10-7-11-17-30)39-32-21-41(20-31(32)37(46)51-22-29-14-8-6-9-15-29)55(47,48)19-13-12-18-49-38-34(40-25(2)42)36(53-28(5)45)35(52-27(4)44)33(54-38)23-50-26(3)43/h6-11,14-17,24,31-36,38-39H,12-13,18-23H2,1-5H3,(H,40,42)/t24-,31-,32-,33-,34-,35-,36-,38-/m1/s1. The largest absolute Gasteiger partial charge is 0.463 e. The van der Waals surface area contributed by atoms with Crippen molar-refractivity contribution in [3.8, 4) is 0 Å². The number of ether oxygens (including phenoxy) is 6. The summed E-state index contributed by atoms with van der Waals surface area (Å²) >= 11 is 0. The summed E-state index contributed by atoms with van der Waals surface area (Å²) in [6.45, 7) is 6.29. The zero-order valence-corrected chi connectivity index (χ0v) is 32.5. The van der Waals surface area contributed by atoms with E-state index in [0.717, 1.165) is 25.0 Å². The molecule has 2 fully saturated rings. The molecule has 55 heavy (non-hydrogen) atoms. The van der Waals surface area contributed by atoms with Gasteiger partial charge < -0.3 is 39.1 Å². The summed E-state index contributed by atoms with van der Waals surface area (Å²) in [5, 5.41) is 6.07.